The van der Waals surface area contributed by atoms with Gasteiger partial charge in [-0.15, -0.1) is 0 Å². The minimum absolute atomic E-state index is 0.330. The standard InChI is InChI=1S/C21H20BNO2/c1-20(2)21(3,4)25-22(24-20)14-8-9-15-17(10-14)16-7-5-6-13-11-23-12-18(15)19(13)16/h5-12H,1-4H3. The van der Waals surface area contributed by atoms with Crippen LogP contribution < -0.4 is 5.46 Å². The van der Waals surface area contributed by atoms with Crippen LogP contribution in [0.2, 0.25) is 0 Å². The molecule has 3 aromatic rings. The molecule has 0 bridgehead atoms. The van der Waals surface area contributed by atoms with Crippen LogP contribution in [-0.2, 0) is 9.31 Å². The molecule has 3 nitrogen and oxygen atoms in total. The van der Waals surface area contributed by atoms with Crippen molar-refractivity contribution in [2.24, 2.45) is 0 Å². The van der Waals surface area contributed by atoms with E-state index in [1.807, 2.05) is 12.4 Å². The predicted molar refractivity (Wildman–Crippen MR) is 102 cm³/mol. The molecule has 2 heterocycles. The molecule has 25 heavy (non-hydrogen) atoms. The van der Waals surface area contributed by atoms with Crippen molar-refractivity contribution < 1.29 is 9.31 Å². The Kier molecular flexibility index (Phi) is 2.85. The lowest BCUT2D eigenvalue weighted by molar-refractivity contribution is 0.00578. The van der Waals surface area contributed by atoms with Crippen molar-refractivity contribution >= 4 is 23.4 Å². The fourth-order valence-corrected chi connectivity index (χ4v) is 3.81. The summed E-state index contributed by atoms with van der Waals surface area (Å²) in [6.45, 7) is 8.34. The van der Waals surface area contributed by atoms with Crippen LogP contribution in [0.15, 0.2) is 48.8 Å². The van der Waals surface area contributed by atoms with Gasteiger partial charge in [-0.2, -0.15) is 0 Å². The van der Waals surface area contributed by atoms with Crippen molar-refractivity contribution in [3.8, 4) is 22.3 Å². The van der Waals surface area contributed by atoms with Gasteiger partial charge in [-0.1, -0.05) is 36.4 Å². The molecule has 2 aromatic carbocycles. The fourth-order valence-electron chi connectivity index (χ4n) is 3.81. The maximum Gasteiger partial charge on any atom is 0.494 e. The van der Waals surface area contributed by atoms with Gasteiger partial charge >= 0.3 is 7.12 Å². The predicted octanol–water partition coefficient (Wildman–Crippen LogP) is 4.18. The lowest BCUT2D eigenvalue weighted by Gasteiger charge is -2.32. The highest BCUT2D eigenvalue weighted by atomic mass is 16.7. The first-order valence-electron chi connectivity index (χ1n) is 8.74. The normalized spacial score (nSPS) is 19.4. The van der Waals surface area contributed by atoms with Crippen LogP contribution in [0.5, 0.6) is 0 Å². The highest BCUT2D eigenvalue weighted by Gasteiger charge is 2.51. The van der Waals surface area contributed by atoms with E-state index in [9.17, 15) is 0 Å². The maximum absolute atomic E-state index is 6.23. The Labute approximate surface area is 148 Å². The van der Waals surface area contributed by atoms with E-state index in [1.165, 1.54) is 33.0 Å². The number of nitrogens with zero attached hydrogens (tertiary/aromatic N) is 1. The average molecular weight is 329 g/mol. The molecule has 0 spiro atoms. The molecule has 5 rings (SSSR count). The molecule has 0 atom stereocenters. The lowest BCUT2D eigenvalue weighted by Crippen LogP contribution is -2.41. The third-order valence-electron chi connectivity index (χ3n) is 5.93. The van der Waals surface area contributed by atoms with Crippen molar-refractivity contribution in [1.29, 1.82) is 0 Å². The molecule has 0 N–H and O–H groups in total. The van der Waals surface area contributed by atoms with E-state index in [0.717, 1.165) is 5.46 Å². The fraction of sp³-hybridized carbons (Fsp3) is 0.286. The molecule has 1 fully saturated rings. The molecule has 1 aliphatic heterocycles. The minimum Gasteiger partial charge on any atom is -0.399 e. The number of aromatic nitrogens is 1. The molecule has 1 aliphatic carbocycles. The van der Waals surface area contributed by atoms with E-state index in [1.54, 1.807) is 0 Å². The molecule has 1 saturated heterocycles. The zero-order valence-corrected chi connectivity index (χ0v) is 15.0. The number of benzene rings is 2. The van der Waals surface area contributed by atoms with Crippen molar-refractivity contribution in [2.45, 2.75) is 38.9 Å². The van der Waals surface area contributed by atoms with Crippen LogP contribution >= 0.6 is 0 Å². The molecule has 0 radical (unpaired) electrons. The van der Waals surface area contributed by atoms with E-state index < -0.39 is 0 Å². The van der Waals surface area contributed by atoms with Crippen LogP contribution in [0.4, 0.5) is 0 Å². The first-order valence-corrected chi connectivity index (χ1v) is 8.74. The summed E-state index contributed by atoms with van der Waals surface area (Å²) in [4.78, 5) is 4.40. The lowest BCUT2D eigenvalue weighted by atomic mass is 9.77. The molecule has 4 heteroatoms. The number of hydrogen-bond acceptors (Lipinski definition) is 3. The van der Waals surface area contributed by atoms with E-state index in [0.29, 0.717) is 0 Å². The van der Waals surface area contributed by atoms with Crippen LogP contribution in [-0.4, -0.2) is 23.3 Å². The zero-order chi connectivity index (χ0) is 17.4. The van der Waals surface area contributed by atoms with Crippen LogP contribution in [0, 0.1) is 0 Å². The zero-order valence-electron chi connectivity index (χ0n) is 15.0. The Hall–Kier alpha value is -2.17. The van der Waals surface area contributed by atoms with Gasteiger partial charge in [-0.3, -0.25) is 4.98 Å². The summed E-state index contributed by atoms with van der Waals surface area (Å²) >= 11 is 0. The van der Waals surface area contributed by atoms with Crippen molar-refractivity contribution in [3.63, 3.8) is 0 Å². The highest BCUT2D eigenvalue weighted by Crippen LogP contribution is 2.46. The summed E-state index contributed by atoms with van der Waals surface area (Å²) in [7, 11) is -0.337. The summed E-state index contributed by atoms with van der Waals surface area (Å²) in [5.74, 6) is 0. The molecule has 0 amide bonds. The SMILES string of the molecule is CC1(C)OB(c2ccc3c(c2)-c2cccc4cncc-3c24)OC1(C)C. The van der Waals surface area contributed by atoms with E-state index in [2.05, 4.69) is 69.1 Å². The van der Waals surface area contributed by atoms with Gasteiger partial charge in [0.05, 0.1) is 11.2 Å². The number of fused-ring (bicyclic) bond motifs is 3. The van der Waals surface area contributed by atoms with Gasteiger partial charge in [-0.25, -0.2) is 0 Å². The Bertz CT molecular complexity index is 1000. The first-order chi connectivity index (χ1) is 11.9. The molecule has 124 valence electrons. The van der Waals surface area contributed by atoms with Gasteiger partial charge in [0.25, 0.3) is 0 Å². The largest absolute Gasteiger partial charge is 0.494 e. The van der Waals surface area contributed by atoms with E-state index >= 15 is 0 Å². The van der Waals surface area contributed by atoms with Gasteiger partial charge in [0.1, 0.15) is 0 Å². The van der Waals surface area contributed by atoms with Gasteiger partial charge in [0, 0.05) is 28.7 Å². The molecule has 0 unspecified atom stereocenters. The van der Waals surface area contributed by atoms with Crippen LogP contribution in [0.3, 0.4) is 0 Å². The number of pyridine rings is 1. The quantitative estimate of drug-likeness (QED) is 0.491. The number of rotatable bonds is 1. The smallest absolute Gasteiger partial charge is 0.399 e. The van der Waals surface area contributed by atoms with Crippen molar-refractivity contribution in [2.75, 3.05) is 0 Å². The van der Waals surface area contributed by atoms with Gasteiger partial charge in [-0.05, 0) is 49.8 Å². The van der Waals surface area contributed by atoms with E-state index in [-0.39, 0.29) is 18.3 Å². The van der Waals surface area contributed by atoms with Gasteiger partial charge in [0.2, 0.25) is 0 Å². The average Bonchev–Trinajstić information content (AvgIpc) is 3.01. The molecule has 1 aromatic heterocycles. The second-order valence-electron chi connectivity index (χ2n) is 7.98. The summed E-state index contributed by atoms with van der Waals surface area (Å²) < 4.78 is 12.5. The first kappa shape index (κ1) is 15.1. The summed E-state index contributed by atoms with van der Waals surface area (Å²) in [5, 5.41) is 2.47. The molecule has 0 saturated carbocycles. The molecular weight excluding hydrogens is 309 g/mol. The monoisotopic (exact) mass is 329 g/mol. The Balaban J connectivity index is 1.65. The molecule has 2 aliphatic rings. The van der Waals surface area contributed by atoms with Gasteiger partial charge in [0.15, 0.2) is 0 Å². The minimum atomic E-state index is -0.337. The van der Waals surface area contributed by atoms with E-state index in [4.69, 9.17) is 9.31 Å². The Morgan fingerprint density at radius 1 is 0.800 bits per heavy atom. The van der Waals surface area contributed by atoms with Gasteiger partial charge < -0.3 is 9.31 Å². The maximum atomic E-state index is 6.23. The Morgan fingerprint density at radius 3 is 2.32 bits per heavy atom. The summed E-state index contributed by atoms with van der Waals surface area (Å²) in [5.41, 5.74) is 5.36. The highest BCUT2D eigenvalue weighted by molar-refractivity contribution is 6.62. The third-order valence-corrected chi connectivity index (χ3v) is 5.93. The Morgan fingerprint density at radius 2 is 1.56 bits per heavy atom. The second-order valence-corrected chi connectivity index (χ2v) is 7.98. The third kappa shape index (κ3) is 1.98. The van der Waals surface area contributed by atoms with Crippen LogP contribution in [0.25, 0.3) is 33.0 Å². The molecular formula is C21H20BNO2. The van der Waals surface area contributed by atoms with Crippen LogP contribution in [0.1, 0.15) is 27.7 Å². The van der Waals surface area contributed by atoms with Crippen molar-refractivity contribution in [3.05, 3.63) is 48.8 Å². The topological polar surface area (TPSA) is 31.4 Å². The number of hydrogen-bond donors (Lipinski definition) is 0. The second kappa shape index (κ2) is 4.72. The summed E-state index contributed by atoms with van der Waals surface area (Å²) in [6.07, 6.45) is 3.90. The summed E-state index contributed by atoms with van der Waals surface area (Å²) in [6, 6.07) is 12.9. The van der Waals surface area contributed by atoms with Crippen molar-refractivity contribution in [1.82, 2.24) is 4.98 Å².